The highest BCUT2D eigenvalue weighted by Gasteiger charge is 2.20. The van der Waals surface area contributed by atoms with Gasteiger partial charge in [0, 0.05) is 12.7 Å². The first kappa shape index (κ1) is 11.0. The molecule has 0 aliphatic carbocycles. The summed E-state index contributed by atoms with van der Waals surface area (Å²) in [5.74, 6) is 2.21. The lowest BCUT2D eigenvalue weighted by atomic mass is 10.2. The van der Waals surface area contributed by atoms with E-state index in [2.05, 4.69) is 10.1 Å². The van der Waals surface area contributed by atoms with Crippen molar-refractivity contribution < 1.29 is 0 Å². The molecule has 0 amide bonds. The molecule has 3 heterocycles. The molecule has 1 saturated heterocycles. The fourth-order valence-corrected chi connectivity index (χ4v) is 3.39. The van der Waals surface area contributed by atoms with E-state index in [0.717, 1.165) is 17.0 Å². The van der Waals surface area contributed by atoms with E-state index >= 15 is 0 Å². The lowest BCUT2D eigenvalue weighted by Crippen LogP contribution is -2.04. The number of pyridine rings is 1. The van der Waals surface area contributed by atoms with Crippen LogP contribution in [0.4, 0.5) is 0 Å². The van der Waals surface area contributed by atoms with E-state index in [1.165, 1.54) is 25.0 Å². The summed E-state index contributed by atoms with van der Waals surface area (Å²) < 4.78 is 1.85. The Kier molecular flexibility index (Phi) is 3.03. The molecule has 0 spiro atoms. The predicted molar refractivity (Wildman–Crippen MR) is 69.9 cm³/mol. The maximum atomic E-state index is 5.63. The van der Waals surface area contributed by atoms with Gasteiger partial charge >= 0.3 is 0 Å². The molecular formula is C12H16N4S. The normalized spacial score (nSPS) is 20.9. The third-order valence-electron chi connectivity index (χ3n) is 3.12. The molecule has 90 valence electrons. The highest BCUT2D eigenvalue weighted by molar-refractivity contribution is 7.99. The number of aromatic nitrogens is 3. The third kappa shape index (κ3) is 2.17. The van der Waals surface area contributed by atoms with E-state index in [1.807, 2.05) is 34.6 Å². The van der Waals surface area contributed by atoms with Crippen LogP contribution in [-0.2, 0) is 6.54 Å². The summed E-state index contributed by atoms with van der Waals surface area (Å²) in [4.78, 5) is 4.62. The summed E-state index contributed by atoms with van der Waals surface area (Å²) >= 11 is 1.98. The summed E-state index contributed by atoms with van der Waals surface area (Å²) in [5, 5.41) is 5.03. The van der Waals surface area contributed by atoms with Gasteiger partial charge in [0.2, 0.25) is 0 Å². The Balaban J connectivity index is 1.95. The van der Waals surface area contributed by atoms with E-state index in [0.29, 0.717) is 11.8 Å². The average Bonchev–Trinajstić information content (AvgIpc) is 2.82. The minimum absolute atomic E-state index is 0.477. The van der Waals surface area contributed by atoms with Crippen LogP contribution >= 0.6 is 11.8 Å². The van der Waals surface area contributed by atoms with E-state index in [1.54, 1.807) is 0 Å². The van der Waals surface area contributed by atoms with Crippen molar-refractivity contribution in [2.24, 2.45) is 5.73 Å². The van der Waals surface area contributed by atoms with Crippen LogP contribution in [0.5, 0.6) is 0 Å². The van der Waals surface area contributed by atoms with E-state index in [4.69, 9.17) is 5.73 Å². The fourth-order valence-electron chi connectivity index (χ4n) is 2.15. The highest BCUT2D eigenvalue weighted by Crippen LogP contribution is 2.36. The molecule has 0 aromatic carbocycles. The lowest BCUT2D eigenvalue weighted by molar-refractivity contribution is 0.661. The number of hydrogen-bond acceptors (Lipinski definition) is 4. The van der Waals surface area contributed by atoms with Crippen LogP contribution in [0.2, 0.25) is 0 Å². The van der Waals surface area contributed by atoms with Crippen LogP contribution in [0.25, 0.3) is 5.65 Å². The van der Waals surface area contributed by atoms with E-state index < -0.39 is 0 Å². The molecule has 3 rings (SSSR count). The second kappa shape index (κ2) is 4.66. The van der Waals surface area contributed by atoms with Gasteiger partial charge in [-0.2, -0.15) is 16.9 Å². The molecule has 2 aromatic heterocycles. The zero-order valence-corrected chi connectivity index (χ0v) is 10.5. The fraction of sp³-hybridized carbons (Fsp3) is 0.500. The Morgan fingerprint density at radius 2 is 2.41 bits per heavy atom. The van der Waals surface area contributed by atoms with Gasteiger partial charge in [0.05, 0.1) is 5.25 Å². The minimum Gasteiger partial charge on any atom is -0.326 e. The maximum Gasteiger partial charge on any atom is 0.164 e. The minimum atomic E-state index is 0.477. The number of thioether (sulfide) groups is 1. The Hall–Kier alpha value is -1.07. The molecule has 1 atom stereocenters. The predicted octanol–water partition coefficient (Wildman–Crippen LogP) is 2.15. The molecule has 5 heteroatoms. The number of nitrogens with zero attached hydrogens (tertiary/aromatic N) is 3. The molecule has 2 N–H and O–H groups in total. The van der Waals surface area contributed by atoms with Crippen molar-refractivity contribution in [1.29, 1.82) is 0 Å². The summed E-state index contributed by atoms with van der Waals surface area (Å²) in [6.45, 7) is 0.552. The van der Waals surface area contributed by atoms with E-state index in [-0.39, 0.29) is 0 Å². The second-order valence-electron chi connectivity index (χ2n) is 4.37. The Morgan fingerprint density at radius 3 is 3.18 bits per heavy atom. The van der Waals surface area contributed by atoms with Crippen LogP contribution in [0.15, 0.2) is 18.3 Å². The third-order valence-corrected chi connectivity index (χ3v) is 4.49. The number of rotatable bonds is 2. The summed E-state index contributed by atoms with van der Waals surface area (Å²) in [5.41, 5.74) is 7.64. The van der Waals surface area contributed by atoms with Gasteiger partial charge in [-0.3, -0.25) is 0 Å². The van der Waals surface area contributed by atoms with E-state index in [9.17, 15) is 0 Å². The van der Waals surface area contributed by atoms with Crippen molar-refractivity contribution in [3.8, 4) is 0 Å². The quantitative estimate of drug-likeness (QED) is 0.884. The monoisotopic (exact) mass is 248 g/mol. The van der Waals surface area contributed by atoms with Gasteiger partial charge in [-0.05, 0) is 36.3 Å². The zero-order valence-electron chi connectivity index (χ0n) is 9.67. The average molecular weight is 248 g/mol. The molecule has 1 fully saturated rings. The zero-order chi connectivity index (χ0) is 11.7. The molecule has 0 saturated carbocycles. The van der Waals surface area contributed by atoms with Crippen molar-refractivity contribution >= 4 is 17.4 Å². The van der Waals surface area contributed by atoms with Crippen molar-refractivity contribution in [3.63, 3.8) is 0 Å². The van der Waals surface area contributed by atoms with Crippen LogP contribution < -0.4 is 5.73 Å². The van der Waals surface area contributed by atoms with Gasteiger partial charge < -0.3 is 5.73 Å². The molecule has 4 nitrogen and oxygen atoms in total. The van der Waals surface area contributed by atoms with Crippen LogP contribution in [0.3, 0.4) is 0 Å². The summed E-state index contributed by atoms with van der Waals surface area (Å²) in [6, 6.07) is 4.02. The van der Waals surface area contributed by atoms with Crippen LogP contribution in [0, 0.1) is 0 Å². The van der Waals surface area contributed by atoms with Crippen molar-refractivity contribution in [1.82, 2.24) is 14.6 Å². The number of hydrogen-bond donors (Lipinski definition) is 1. The highest BCUT2D eigenvalue weighted by atomic mass is 32.2. The van der Waals surface area contributed by atoms with Gasteiger partial charge in [-0.1, -0.05) is 6.42 Å². The number of fused-ring (bicyclic) bond motifs is 1. The van der Waals surface area contributed by atoms with Crippen molar-refractivity contribution in [2.45, 2.75) is 31.1 Å². The molecule has 0 radical (unpaired) electrons. The van der Waals surface area contributed by atoms with Gasteiger partial charge in [0.1, 0.15) is 0 Å². The molecule has 2 aromatic rings. The second-order valence-corrected chi connectivity index (χ2v) is 5.68. The Bertz CT molecular complexity index is 516. The first-order valence-electron chi connectivity index (χ1n) is 6.04. The van der Waals surface area contributed by atoms with Gasteiger partial charge in [-0.25, -0.2) is 9.50 Å². The van der Waals surface area contributed by atoms with Gasteiger partial charge in [-0.15, -0.1) is 0 Å². The SMILES string of the molecule is NCc1ccn2nc(C3CCCCS3)nc2c1. The first-order chi connectivity index (χ1) is 8.36. The summed E-state index contributed by atoms with van der Waals surface area (Å²) in [7, 11) is 0. The smallest absolute Gasteiger partial charge is 0.164 e. The standard InChI is InChI=1S/C12H16N4S/c13-8-9-4-5-16-11(7-9)14-12(15-16)10-3-1-2-6-17-10/h4-5,7,10H,1-3,6,8,13H2. The molecular weight excluding hydrogens is 232 g/mol. The largest absolute Gasteiger partial charge is 0.326 e. The Morgan fingerprint density at radius 1 is 1.47 bits per heavy atom. The number of nitrogens with two attached hydrogens (primary N) is 1. The molecule has 1 aliphatic rings. The van der Waals surface area contributed by atoms with Gasteiger partial charge in [0.15, 0.2) is 11.5 Å². The maximum absolute atomic E-state index is 5.63. The molecule has 0 bridgehead atoms. The lowest BCUT2D eigenvalue weighted by Gasteiger charge is -2.17. The van der Waals surface area contributed by atoms with Gasteiger partial charge in [0.25, 0.3) is 0 Å². The first-order valence-corrected chi connectivity index (χ1v) is 7.08. The van der Waals surface area contributed by atoms with Crippen LogP contribution in [-0.4, -0.2) is 20.4 Å². The topological polar surface area (TPSA) is 56.2 Å². The van der Waals surface area contributed by atoms with Crippen LogP contribution in [0.1, 0.15) is 35.9 Å². The summed E-state index contributed by atoms with van der Waals surface area (Å²) in [6.07, 6.45) is 5.76. The molecule has 17 heavy (non-hydrogen) atoms. The molecule has 1 unspecified atom stereocenters. The van der Waals surface area contributed by atoms with Crippen molar-refractivity contribution in [2.75, 3.05) is 5.75 Å². The Labute approximate surface area is 105 Å². The van der Waals surface area contributed by atoms with Crippen molar-refractivity contribution in [3.05, 3.63) is 29.7 Å². The molecule has 1 aliphatic heterocycles.